The summed E-state index contributed by atoms with van der Waals surface area (Å²) >= 11 is 0. The topological polar surface area (TPSA) is 50.1 Å². The Morgan fingerprint density at radius 1 is 1.33 bits per heavy atom. The fourth-order valence-electron chi connectivity index (χ4n) is 3.58. The van der Waals surface area contributed by atoms with Gasteiger partial charge in [0.1, 0.15) is 5.75 Å². The first kappa shape index (κ1) is 14.1. The first-order chi connectivity index (χ1) is 9.97. The van der Waals surface area contributed by atoms with Crippen molar-refractivity contribution in [2.24, 2.45) is 7.05 Å². The third kappa shape index (κ3) is 2.44. The molecule has 0 spiro atoms. The summed E-state index contributed by atoms with van der Waals surface area (Å²) in [4.78, 5) is 0. The molecule has 1 aromatic heterocycles. The molecule has 1 aromatic carbocycles. The zero-order valence-corrected chi connectivity index (χ0v) is 13.1. The molecule has 0 saturated carbocycles. The zero-order valence-electron chi connectivity index (χ0n) is 13.1. The van der Waals surface area contributed by atoms with E-state index in [1.54, 1.807) is 0 Å². The summed E-state index contributed by atoms with van der Waals surface area (Å²) in [5.74, 6) is 0.903. The minimum atomic E-state index is 0.217. The molecule has 2 aromatic rings. The Morgan fingerprint density at radius 2 is 2.10 bits per heavy atom. The van der Waals surface area contributed by atoms with Crippen molar-refractivity contribution in [3.8, 4) is 5.75 Å². The quantitative estimate of drug-likeness (QED) is 0.911. The third-order valence-corrected chi connectivity index (χ3v) is 4.57. The second kappa shape index (κ2) is 5.19. The lowest BCUT2D eigenvalue weighted by Gasteiger charge is -2.15. The predicted molar refractivity (Wildman–Crippen MR) is 83.4 cm³/mol. The molecular formula is C17H23N3O. The minimum absolute atomic E-state index is 0.217. The Balaban J connectivity index is 1.83. The van der Waals surface area contributed by atoms with Crippen molar-refractivity contribution in [1.29, 1.82) is 0 Å². The summed E-state index contributed by atoms with van der Waals surface area (Å²) < 4.78 is 1.85. The van der Waals surface area contributed by atoms with Crippen LogP contribution in [-0.2, 0) is 13.6 Å². The average molecular weight is 285 g/mol. The van der Waals surface area contributed by atoms with Crippen molar-refractivity contribution in [1.82, 2.24) is 15.1 Å². The van der Waals surface area contributed by atoms with Gasteiger partial charge in [-0.3, -0.25) is 4.68 Å². The molecule has 0 fully saturated rings. The molecule has 0 saturated heterocycles. The normalized spacial score (nSPS) is 20.8. The van der Waals surface area contributed by atoms with Gasteiger partial charge in [-0.1, -0.05) is 13.0 Å². The number of rotatable bonds is 3. The molecule has 2 unspecified atom stereocenters. The molecule has 0 radical (unpaired) electrons. The summed E-state index contributed by atoms with van der Waals surface area (Å²) in [5.41, 5.74) is 5.95. The van der Waals surface area contributed by atoms with Crippen molar-refractivity contribution in [3.05, 3.63) is 46.3 Å². The van der Waals surface area contributed by atoms with Crippen LogP contribution in [0, 0.1) is 13.8 Å². The standard InChI is InChI=1S/C17H23N3O/c1-10-5-6-15(21)17-14(7-11(2)16(10)17)18-8-13-9-20(4)19-12(13)3/h5-6,9,11,14,18,21H,7-8H2,1-4H3. The molecule has 4 heteroatoms. The number of hydrogen-bond donors (Lipinski definition) is 2. The Bertz CT molecular complexity index is 675. The highest BCUT2D eigenvalue weighted by atomic mass is 16.3. The van der Waals surface area contributed by atoms with Gasteiger partial charge in [-0.05, 0) is 43.4 Å². The number of nitrogens with one attached hydrogen (secondary N) is 1. The Kier molecular flexibility index (Phi) is 3.49. The maximum absolute atomic E-state index is 10.2. The number of phenols is 1. The largest absolute Gasteiger partial charge is 0.508 e. The van der Waals surface area contributed by atoms with Gasteiger partial charge >= 0.3 is 0 Å². The highest BCUT2D eigenvalue weighted by Gasteiger charge is 2.31. The Hall–Kier alpha value is -1.81. The number of phenolic OH excluding ortho intramolecular Hbond substituents is 1. The first-order valence-electron chi connectivity index (χ1n) is 7.52. The maximum Gasteiger partial charge on any atom is 0.120 e. The molecule has 2 N–H and O–H groups in total. The minimum Gasteiger partial charge on any atom is -0.508 e. The van der Waals surface area contributed by atoms with Gasteiger partial charge in [0.05, 0.1) is 5.69 Å². The lowest BCUT2D eigenvalue weighted by molar-refractivity contribution is 0.445. The van der Waals surface area contributed by atoms with Gasteiger partial charge in [-0.15, -0.1) is 0 Å². The van der Waals surface area contributed by atoms with Crippen LogP contribution in [0.4, 0.5) is 0 Å². The highest BCUT2D eigenvalue weighted by molar-refractivity contribution is 5.50. The van der Waals surface area contributed by atoms with E-state index in [0.717, 1.165) is 24.2 Å². The predicted octanol–water partition coefficient (Wildman–Crippen LogP) is 3.08. The van der Waals surface area contributed by atoms with Crippen LogP contribution in [0.25, 0.3) is 0 Å². The number of aromatic nitrogens is 2. The monoisotopic (exact) mass is 285 g/mol. The lowest BCUT2D eigenvalue weighted by atomic mass is 9.97. The highest BCUT2D eigenvalue weighted by Crippen LogP contribution is 2.45. The van der Waals surface area contributed by atoms with Crippen molar-refractivity contribution < 1.29 is 5.11 Å². The molecule has 1 heterocycles. The molecule has 2 atom stereocenters. The van der Waals surface area contributed by atoms with Crippen LogP contribution < -0.4 is 5.32 Å². The van der Waals surface area contributed by atoms with Gasteiger partial charge in [-0.25, -0.2) is 0 Å². The van der Waals surface area contributed by atoms with Crippen molar-refractivity contribution in [3.63, 3.8) is 0 Å². The third-order valence-electron chi connectivity index (χ3n) is 4.57. The molecule has 0 aliphatic heterocycles. The molecule has 1 aliphatic rings. The van der Waals surface area contributed by atoms with E-state index in [0.29, 0.717) is 11.7 Å². The molecule has 0 amide bonds. The molecule has 0 bridgehead atoms. The van der Waals surface area contributed by atoms with Gasteiger partial charge in [-0.2, -0.15) is 5.10 Å². The molecule has 1 aliphatic carbocycles. The van der Waals surface area contributed by atoms with Gasteiger partial charge in [0, 0.05) is 37.0 Å². The van der Waals surface area contributed by atoms with Crippen molar-refractivity contribution in [2.75, 3.05) is 0 Å². The van der Waals surface area contributed by atoms with Crippen LogP contribution in [0.3, 0.4) is 0 Å². The molecular weight excluding hydrogens is 262 g/mol. The number of hydrogen-bond acceptors (Lipinski definition) is 3. The van der Waals surface area contributed by atoms with Crippen LogP contribution >= 0.6 is 0 Å². The second-order valence-electron chi connectivity index (χ2n) is 6.21. The van der Waals surface area contributed by atoms with Crippen LogP contribution in [-0.4, -0.2) is 14.9 Å². The smallest absolute Gasteiger partial charge is 0.120 e. The van der Waals surface area contributed by atoms with Crippen molar-refractivity contribution in [2.45, 2.75) is 45.7 Å². The van der Waals surface area contributed by atoms with Gasteiger partial charge in [0.2, 0.25) is 0 Å². The maximum atomic E-state index is 10.2. The van der Waals surface area contributed by atoms with E-state index in [2.05, 4.69) is 30.5 Å². The number of nitrogens with zero attached hydrogens (tertiary/aromatic N) is 2. The van der Waals surface area contributed by atoms with Crippen LogP contribution in [0.15, 0.2) is 18.3 Å². The average Bonchev–Trinajstić information content (AvgIpc) is 2.92. The molecule has 4 nitrogen and oxygen atoms in total. The first-order valence-corrected chi connectivity index (χ1v) is 7.52. The lowest BCUT2D eigenvalue weighted by Crippen LogP contribution is -2.19. The van der Waals surface area contributed by atoms with E-state index in [1.807, 2.05) is 30.8 Å². The second-order valence-corrected chi connectivity index (χ2v) is 6.21. The van der Waals surface area contributed by atoms with Crippen LogP contribution in [0.2, 0.25) is 0 Å². The molecule has 3 rings (SSSR count). The Morgan fingerprint density at radius 3 is 2.76 bits per heavy atom. The Labute approximate surface area is 125 Å². The summed E-state index contributed by atoms with van der Waals surface area (Å²) in [6.07, 6.45) is 3.09. The molecule has 21 heavy (non-hydrogen) atoms. The summed E-state index contributed by atoms with van der Waals surface area (Å²) in [7, 11) is 1.94. The van der Waals surface area contributed by atoms with E-state index in [-0.39, 0.29) is 6.04 Å². The van der Waals surface area contributed by atoms with E-state index in [9.17, 15) is 5.11 Å². The fourth-order valence-corrected chi connectivity index (χ4v) is 3.58. The number of aryl methyl sites for hydroxylation is 3. The number of fused-ring (bicyclic) bond motifs is 1. The van der Waals surface area contributed by atoms with E-state index in [1.165, 1.54) is 16.7 Å². The van der Waals surface area contributed by atoms with E-state index < -0.39 is 0 Å². The zero-order chi connectivity index (χ0) is 15.1. The molecule has 112 valence electrons. The van der Waals surface area contributed by atoms with Crippen LogP contribution in [0.5, 0.6) is 5.75 Å². The van der Waals surface area contributed by atoms with Crippen LogP contribution in [0.1, 0.15) is 53.3 Å². The summed E-state index contributed by atoms with van der Waals surface area (Å²) in [6, 6.07) is 4.05. The van der Waals surface area contributed by atoms with E-state index >= 15 is 0 Å². The van der Waals surface area contributed by atoms with Gasteiger partial charge in [0.15, 0.2) is 0 Å². The van der Waals surface area contributed by atoms with Gasteiger partial charge < -0.3 is 10.4 Å². The number of benzene rings is 1. The number of aromatic hydroxyl groups is 1. The fraction of sp³-hybridized carbons (Fsp3) is 0.471. The summed E-state index contributed by atoms with van der Waals surface area (Å²) in [6.45, 7) is 7.18. The van der Waals surface area contributed by atoms with Crippen molar-refractivity contribution >= 4 is 0 Å². The SMILES string of the molecule is Cc1ccc(O)c2c1C(C)CC2NCc1cn(C)nc1C. The van der Waals surface area contributed by atoms with E-state index in [4.69, 9.17) is 0 Å². The summed E-state index contributed by atoms with van der Waals surface area (Å²) in [5, 5.41) is 18.2. The van der Waals surface area contributed by atoms with Gasteiger partial charge in [0.25, 0.3) is 0 Å².